The summed E-state index contributed by atoms with van der Waals surface area (Å²) in [5.74, 6) is 0.631. The average molecular weight is 284 g/mol. The van der Waals surface area contributed by atoms with Gasteiger partial charge in [0.25, 0.3) is 0 Å². The molecule has 0 amide bonds. The summed E-state index contributed by atoms with van der Waals surface area (Å²) < 4.78 is 0. The summed E-state index contributed by atoms with van der Waals surface area (Å²) in [6, 6.07) is 17.8. The van der Waals surface area contributed by atoms with E-state index < -0.39 is 0 Å². The smallest absolute Gasteiger partial charge is 0.178 e. The van der Waals surface area contributed by atoms with E-state index >= 15 is 0 Å². The number of fused-ring (bicyclic) bond motifs is 1. The number of hydrogen-bond donors (Lipinski definition) is 0. The fourth-order valence-corrected chi connectivity index (χ4v) is 2.39. The first-order chi connectivity index (χ1) is 10.9. The zero-order valence-electron chi connectivity index (χ0n) is 11.7. The molecule has 0 saturated heterocycles. The highest BCUT2D eigenvalue weighted by atomic mass is 14.9. The Bertz CT molecular complexity index is 935. The third-order valence-electron chi connectivity index (χ3n) is 3.44. The minimum absolute atomic E-state index is 0.631. The van der Waals surface area contributed by atoms with Gasteiger partial charge in [0.2, 0.25) is 0 Å². The molecule has 4 nitrogen and oxygen atoms in total. The molecule has 1 aromatic carbocycles. The Balaban J connectivity index is 1.81. The predicted molar refractivity (Wildman–Crippen MR) is 86.0 cm³/mol. The van der Waals surface area contributed by atoms with Crippen molar-refractivity contribution in [1.29, 1.82) is 0 Å². The molecular formula is C18H12N4. The summed E-state index contributed by atoms with van der Waals surface area (Å²) in [6.07, 6.45) is 5.24. The predicted octanol–water partition coefficient (Wildman–Crippen LogP) is 3.75. The summed E-state index contributed by atoms with van der Waals surface area (Å²) in [7, 11) is 0. The molecule has 3 aromatic heterocycles. The maximum Gasteiger partial charge on any atom is 0.178 e. The molecule has 4 rings (SSSR count). The van der Waals surface area contributed by atoms with Crippen molar-refractivity contribution < 1.29 is 0 Å². The maximum absolute atomic E-state index is 4.67. The number of hydrogen-bond acceptors (Lipinski definition) is 4. The van der Waals surface area contributed by atoms with E-state index in [1.165, 1.54) is 0 Å². The van der Waals surface area contributed by atoms with Gasteiger partial charge in [-0.05, 0) is 36.4 Å². The first kappa shape index (κ1) is 12.6. The van der Waals surface area contributed by atoms with Crippen LogP contribution in [0.1, 0.15) is 0 Å². The van der Waals surface area contributed by atoms with Crippen molar-refractivity contribution in [3.05, 3.63) is 73.2 Å². The molecule has 104 valence electrons. The monoisotopic (exact) mass is 284 g/mol. The molecule has 0 saturated carbocycles. The summed E-state index contributed by atoms with van der Waals surface area (Å²) in [4.78, 5) is 17.5. The van der Waals surface area contributed by atoms with E-state index in [0.29, 0.717) is 5.82 Å². The van der Waals surface area contributed by atoms with E-state index in [0.717, 1.165) is 27.9 Å². The number of benzene rings is 1. The molecule has 0 fully saturated rings. The van der Waals surface area contributed by atoms with Crippen molar-refractivity contribution in [1.82, 2.24) is 19.9 Å². The lowest BCUT2D eigenvalue weighted by atomic mass is 10.1. The van der Waals surface area contributed by atoms with E-state index in [2.05, 4.69) is 32.1 Å². The van der Waals surface area contributed by atoms with Crippen molar-refractivity contribution in [3.63, 3.8) is 0 Å². The van der Waals surface area contributed by atoms with Crippen LogP contribution in [0.15, 0.2) is 73.2 Å². The van der Waals surface area contributed by atoms with E-state index in [4.69, 9.17) is 0 Å². The zero-order valence-corrected chi connectivity index (χ0v) is 11.7. The molecule has 0 aliphatic rings. The Morgan fingerprint density at radius 3 is 2.36 bits per heavy atom. The van der Waals surface area contributed by atoms with Crippen molar-refractivity contribution in [3.8, 4) is 22.8 Å². The quantitative estimate of drug-likeness (QED) is 0.562. The van der Waals surface area contributed by atoms with Crippen LogP contribution < -0.4 is 0 Å². The lowest BCUT2D eigenvalue weighted by Crippen LogP contribution is -1.92. The minimum atomic E-state index is 0.631. The van der Waals surface area contributed by atoms with Crippen LogP contribution in [0.4, 0.5) is 0 Å². The van der Waals surface area contributed by atoms with Crippen LogP contribution in [0.3, 0.4) is 0 Å². The second-order valence-electron chi connectivity index (χ2n) is 4.89. The molecule has 0 radical (unpaired) electrons. The molecule has 0 aliphatic carbocycles. The minimum Gasteiger partial charge on any atom is -0.256 e. The second-order valence-corrected chi connectivity index (χ2v) is 4.89. The van der Waals surface area contributed by atoms with Crippen molar-refractivity contribution in [2.75, 3.05) is 0 Å². The van der Waals surface area contributed by atoms with Gasteiger partial charge >= 0.3 is 0 Å². The van der Waals surface area contributed by atoms with Gasteiger partial charge in [-0.3, -0.25) is 4.98 Å². The average Bonchev–Trinajstić information content (AvgIpc) is 2.62. The van der Waals surface area contributed by atoms with E-state index in [-0.39, 0.29) is 0 Å². The van der Waals surface area contributed by atoms with Gasteiger partial charge in [-0.1, -0.05) is 18.2 Å². The fourth-order valence-electron chi connectivity index (χ4n) is 2.39. The molecular weight excluding hydrogens is 272 g/mol. The molecule has 3 heterocycles. The normalized spacial score (nSPS) is 10.7. The number of rotatable bonds is 2. The molecule has 0 atom stereocenters. The summed E-state index contributed by atoms with van der Waals surface area (Å²) in [6.45, 7) is 0. The SMILES string of the molecule is c1cnc(-c2cccc(-c3ccc4ncccc4c3)n2)nc1. The molecule has 0 bridgehead atoms. The molecule has 4 heteroatoms. The van der Waals surface area contributed by atoms with Crippen LogP contribution >= 0.6 is 0 Å². The molecule has 22 heavy (non-hydrogen) atoms. The van der Waals surface area contributed by atoms with Crippen molar-refractivity contribution >= 4 is 10.9 Å². The maximum atomic E-state index is 4.67. The lowest BCUT2D eigenvalue weighted by Gasteiger charge is -2.05. The van der Waals surface area contributed by atoms with Gasteiger partial charge in [-0.2, -0.15) is 0 Å². The fraction of sp³-hybridized carbons (Fsp3) is 0. The lowest BCUT2D eigenvalue weighted by molar-refractivity contribution is 1.14. The van der Waals surface area contributed by atoms with Crippen LogP contribution in [0.2, 0.25) is 0 Å². The molecule has 0 N–H and O–H groups in total. The van der Waals surface area contributed by atoms with Crippen molar-refractivity contribution in [2.45, 2.75) is 0 Å². The molecule has 4 aromatic rings. The summed E-state index contributed by atoms with van der Waals surface area (Å²) in [5, 5.41) is 1.10. The Morgan fingerprint density at radius 2 is 1.45 bits per heavy atom. The van der Waals surface area contributed by atoms with Gasteiger partial charge in [0, 0.05) is 29.5 Å². The van der Waals surface area contributed by atoms with E-state index in [9.17, 15) is 0 Å². The van der Waals surface area contributed by atoms with Gasteiger partial charge in [-0.25, -0.2) is 15.0 Å². The highest BCUT2D eigenvalue weighted by Gasteiger charge is 2.06. The van der Waals surface area contributed by atoms with Crippen LogP contribution in [0.5, 0.6) is 0 Å². The first-order valence-corrected chi connectivity index (χ1v) is 7.00. The third-order valence-corrected chi connectivity index (χ3v) is 3.44. The molecule has 0 spiro atoms. The van der Waals surface area contributed by atoms with Crippen LogP contribution in [0.25, 0.3) is 33.7 Å². The van der Waals surface area contributed by atoms with Gasteiger partial charge in [0.1, 0.15) is 5.69 Å². The number of pyridine rings is 2. The molecule has 0 aliphatic heterocycles. The van der Waals surface area contributed by atoms with Gasteiger partial charge in [-0.15, -0.1) is 0 Å². The number of nitrogens with zero attached hydrogens (tertiary/aromatic N) is 4. The Morgan fingerprint density at radius 1 is 0.636 bits per heavy atom. The zero-order chi connectivity index (χ0) is 14.8. The first-order valence-electron chi connectivity index (χ1n) is 7.00. The Labute approximate surface area is 127 Å². The summed E-state index contributed by atoms with van der Waals surface area (Å²) in [5.41, 5.74) is 3.70. The van der Waals surface area contributed by atoms with E-state index in [1.807, 2.05) is 36.4 Å². The second kappa shape index (κ2) is 5.33. The largest absolute Gasteiger partial charge is 0.256 e. The summed E-state index contributed by atoms with van der Waals surface area (Å²) >= 11 is 0. The van der Waals surface area contributed by atoms with Crippen LogP contribution in [-0.2, 0) is 0 Å². The Hall–Kier alpha value is -3.14. The highest BCUT2D eigenvalue weighted by Crippen LogP contribution is 2.23. The highest BCUT2D eigenvalue weighted by molar-refractivity contribution is 5.83. The standard InChI is InChI=1S/C18H12N4/c1-5-16(22-17(6-1)18-20-10-3-11-21-18)14-7-8-15-13(12-14)4-2-9-19-15/h1-12H. The van der Waals surface area contributed by atoms with Gasteiger partial charge < -0.3 is 0 Å². The van der Waals surface area contributed by atoms with Gasteiger partial charge in [0.15, 0.2) is 5.82 Å². The number of aromatic nitrogens is 4. The molecule has 0 unspecified atom stereocenters. The van der Waals surface area contributed by atoms with Gasteiger partial charge in [0.05, 0.1) is 11.2 Å². The Kier molecular flexibility index (Phi) is 3.05. The van der Waals surface area contributed by atoms with E-state index in [1.54, 1.807) is 24.7 Å². The van der Waals surface area contributed by atoms with Crippen molar-refractivity contribution in [2.24, 2.45) is 0 Å². The van der Waals surface area contributed by atoms with Crippen LogP contribution in [0, 0.1) is 0 Å². The van der Waals surface area contributed by atoms with Crippen LogP contribution in [-0.4, -0.2) is 19.9 Å². The topological polar surface area (TPSA) is 51.6 Å². The third kappa shape index (κ3) is 2.31.